The Hall–Kier alpha value is -8.76. The van der Waals surface area contributed by atoms with Crippen molar-refractivity contribution in [3.05, 3.63) is 296 Å². The molecule has 0 fully saturated rings. The number of fused-ring (bicyclic) bond motifs is 7. The molecule has 0 bridgehead atoms. The number of allylic oxidation sites excluding steroid dienone is 4. The highest BCUT2D eigenvalue weighted by Crippen LogP contribution is 2.56. The van der Waals surface area contributed by atoms with Crippen molar-refractivity contribution >= 4 is 76.0 Å². The average molecular weight is 911 g/mol. The van der Waals surface area contributed by atoms with Gasteiger partial charge in [-0.1, -0.05) is 183 Å². The van der Waals surface area contributed by atoms with E-state index in [1.54, 1.807) is 0 Å². The number of aromatic nitrogens is 1. The molecule has 0 amide bonds. The van der Waals surface area contributed by atoms with E-state index in [-0.39, 0.29) is 0 Å². The maximum Gasteiger partial charge on any atom is 0.0714 e. The zero-order chi connectivity index (χ0) is 46.8. The van der Waals surface area contributed by atoms with Crippen molar-refractivity contribution < 1.29 is 0 Å². The molecule has 1 aliphatic rings. The molecule has 2 nitrogen and oxygen atoms in total. The van der Waals surface area contributed by atoms with Crippen molar-refractivity contribution in [1.82, 2.24) is 4.57 Å². The number of anilines is 3. The highest BCUT2D eigenvalue weighted by molar-refractivity contribution is 7.25. The molecular weight excluding hydrogens is 865 g/mol. The number of rotatable bonds is 10. The van der Waals surface area contributed by atoms with Crippen molar-refractivity contribution in [2.24, 2.45) is 0 Å². The van der Waals surface area contributed by atoms with Crippen LogP contribution in [0.15, 0.2) is 274 Å². The summed E-state index contributed by atoms with van der Waals surface area (Å²) < 4.78 is 5.06. The minimum Gasteiger partial charge on any atom is -0.310 e. The number of para-hydroxylation sites is 2. The molecule has 330 valence electrons. The van der Waals surface area contributed by atoms with Gasteiger partial charge in [0.25, 0.3) is 0 Å². The summed E-state index contributed by atoms with van der Waals surface area (Å²) in [5.41, 5.74) is 17.9. The molecular formula is C67H46N2S. The van der Waals surface area contributed by atoms with Gasteiger partial charge >= 0.3 is 0 Å². The lowest BCUT2D eigenvalue weighted by Crippen LogP contribution is -2.29. The highest BCUT2D eigenvalue weighted by atomic mass is 32.1. The summed E-state index contributed by atoms with van der Waals surface area (Å²) in [6.07, 6.45) is 4.03. The molecule has 1 aliphatic carbocycles. The third kappa shape index (κ3) is 6.47. The summed E-state index contributed by atoms with van der Waals surface area (Å²) in [5, 5.41) is 5.11. The molecule has 2 aromatic heterocycles. The van der Waals surface area contributed by atoms with Gasteiger partial charge in [-0.05, 0) is 141 Å². The largest absolute Gasteiger partial charge is 0.310 e. The van der Waals surface area contributed by atoms with Gasteiger partial charge < -0.3 is 9.47 Å². The van der Waals surface area contributed by atoms with Crippen molar-refractivity contribution in [1.29, 1.82) is 0 Å². The van der Waals surface area contributed by atoms with Crippen molar-refractivity contribution in [2.75, 3.05) is 4.90 Å². The Balaban J connectivity index is 0.880. The lowest BCUT2D eigenvalue weighted by molar-refractivity contribution is 0.762. The van der Waals surface area contributed by atoms with Gasteiger partial charge in [-0.2, -0.15) is 0 Å². The summed E-state index contributed by atoms with van der Waals surface area (Å²) in [5.74, 6) is 0. The quantitative estimate of drug-likeness (QED) is 0.133. The van der Waals surface area contributed by atoms with E-state index in [0.717, 1.165) is 33.8 Å². The van der Waals surface area contributed by atoms with Crippen LogP contribution in [0.1, 0.15) is 22.3 Å². The normalized spacial score (nSPS) is 13.0. The average Bonchev–Trinajstić information content (AvgIpc) is 4.07. The van der Waals surface area contributed by atoms with Crippen LogP contribution in [0, 0.1) is 0 Å². The van der Waals surface area contributed by atoms with Gasteiger partial charge in [0.05, 0.1) is 16.4 Å². The predicted molar refractivity (Wildman–Crippen MR) is 299 cm³/mol. The molecule has 2 heterocycles. The first-order valence-electron chi connectivity index (χ1n) is 23.9. The maximum absolute atomic E-state index is 4.41. The molecule has 0 spiro atoms. The minimum atomic E-state index is -0.591. The Kier molecular flexibility index (Phi) is 9.93. The number of hydrogen-bond donors (Lipinski definition) is 0. The Morgan fingerprint density at radius 3 is 1.71 bits per heavy atom. The molecule has 13 rings (SSSR count). The van der Waals surface area contributed by atoms with Gasteiger partial charge in [0, 0.05) is 53.7 Å². The van der Waals surface area contributed by atoms with E-state index >= 15 is 0 Å². The molecule has 0 aliphatic heterocycles. The van der Waals surface area contributed by atoms with Crippen LogP contribution in [-0.2, 0) is 5.41 Å². The summed E-state index contributed by atoms with van der Waals surface area (Å²) in [7, 11) is 0. The van der Waals surface area contributed by atoms with E-state index in [4.69, 9.17) is 0 Å². The van der Waals surface area contributed by atoms with Gasteiger partial charge in [-0.3, -0.25) is 0 Å². The molecule has 0 radical (unpaired) electrons. The molecule has 0 unspecified atom stereocenters. The van der Waals surface area contributed by atoms with Crippen LogP contribution in [0.5, 0.6) is 0 Å². The fraction of sp³-hybridized carbons (Fsp3) is 0.0149. The van der Waals surface area contributed by atoms with Crippen LogP contribution in [0.25, 0.3) is 75.5 Å². The van der Waals surface area contributed by atoms with Gasteiger partial charge in [0.15, 0.2) is 0 Å². The smallest absolute Gasteiger partial charge is 0.0714 e. The lowest BCUT2D eigenvalue weighted by Gasteiger charge is -2.35. The fourth-order valence-corrected chi connectivity index (χ4v) is 12.4. The van der Waals surface area contributed by atoms with E-state index in [1.807, 2.05) is 23.5 Å². The van der Waals surface area contributed by atoms with Crippen LogP contribution in [0.4, 0.5) is 17.1 Å². The summed E-state index contributed by atoms with van der Waals surface area (Å²) in [6, 6.07) is 88.7. The van der Waals surface area contributed by atoms with Gasteiger partial charge in [-0.15, -0.1) is 11.3 Å². The molecule has 0 saturated heterocycles. The maximum atomic E-state index is 4.41. The first-order valence-corrected chi connectivity index (χ1v) is 24.7. The summed E-state index contributed by atoms with van der Waals surface area (Å²) >= 11 is 1.86. The van der Waals surface area contributed by atoms with Crippen molar-refractivity contribution in [2.45, 2.75) is 5.41 Å². The SMILES string of the molecule is C=CC1=C(C=C)C(c2ccccc2)(c2ccccc2)c2cc(N(c3ccccc3)c3ccc(-c4cccc(-c5ccc6c(c5)c5ccccc5n6-c5ccc6sc7ccccc7c6c5)c4)cc3)ccc21. The third-order valence-electron chi connectivity index (χ3n) is 14.4. The number of nitrogens with zero attached hydrogens (tertiary/aromatic N) is 2. The molecule has 10 aromatic carbocycles. The minimum absolute atomic E-state index is 0.591. The molecule has 70 heavy (non-hydrogen) atoms. The number of benzene rings is 10. The van der Waals surface area contributed by atoms with Gasteiger partial charge in [0.1, 0.15) is 0 Å². The van der Waals surface area contributed by atoms with E-state index < -0.39 is 5.41 Å². The monoisotopic (exact) mass is 910 g/mol. The Morgan fingerprint density at radius 2 is 0.986 bits per heavy atom. The van der Waals surface area contributed by atoms with Crippen molar-refractivity contribution in [3.8, 4) is 27.9 Å². The second-order valence-electron chi connectivity index (χ2n) is 18.1. The molecule has 0 atom stereocenters. The molecule has 0 saturated carbocycles. The van der Waals surface area contributed by atoms with Crippen LogP contribution < -0.4 is 4.90 Å². The van der Waals surface area contributed by atoms with Crippen LogP contribution in [0.3, 0.4) is 0 Å². The Morgan fingerprint density at radius 1 is 0.400 bits per heavy atom. The van der Waals surface area contributed by atoms with E-state index in [0.29, 0.717) is 0 Å². The molecule has 0 N–H and O–H groups in total. The van der Waals surface area contributed by atoms with Crippen molar-refractivity contribution in [3.63, 3.8) is 0 Å². The molecule has 12 aromatic rings. The Bertz CT molecular complexity index is 3990. The molecule has 3 heteroatoms. The fourth-order valence-electron chi connectivity index (χ4n) is 11.3. The number of hydrogen-bond acceptors (Lipinski definition) is 2. The van der Waals surface area contributed by atoms with E-state index in [2.05, 4.69) is 265 Å². The first-order chi connectivity index (χ1) is 34.6. The van der Waals surface area contributed by atoms with Gasteiger partial charge in [-0.25, -0.2) is 0 Å². The Labute approximate surface area is 412 Å². The second kappa shape index (κ2) is 16.8. The topological polar surface area (TPSA) is 8.17 Å². The first kappa shape index (κ1) is 41.4. The second-order valence-corrected chi connectivity index (χ2v) is 19.2. The van der Waals surface area contributed by atoms with Crippen LogP contribution in [0.2, 0.25) is 0 Å². The zero-order valence-corrected chi connectivity index (χ0v) is 39.3. The predicted octanol–water partition coefficient (Wildman–Crippen LogP) is 18.4. The van der Waals surface area contributed by atoms with Crippen LogP contribution in [-0.4, -0.2) is 4.57 Å². The lowest BCUT2D eigenvalue weighted by atomic mass is 9.67. The summed E-state index contributed by atoms with van der Waals surface area (Å²) in [6.45, 7) is 8.74. The third-order valence-corrected chi connectivity index (χ3v) is 15.6. The standard InChI is InChI=1S/C67H46N2S/c1-3-55-56-38-36-54(44-62(56)67(61(55)4-2,49-21-8-5-9-22-49)50-23-10-6-11-24-50)68(51-25-12-7-13-26-51)52-34-31-45(32-35-52)46-19-18-20-47(41-46)48-33-39-64-59(42-48)57-27-14-16-29-63(57)69(64)53-37-40-66-60(43-53)58-28-15-17-30-65(58)70-66/h3-44H,1-2H2. The van der Waals surface area contributed by atoms with Crippen LogP contribution >= 0.6 is 11.3 Å². The highest BCUT2D eigenvalue weighted by Gasteiger charge is 2.46. The van der Waals surface area contributed by atoms with E-state index in [9.17, 15) is 0 Å². The van der Waals surface area contributed by atoms with E-state index in [1.165, 1.54) is 86.6 Å². The summed E-state index contributed by atoms with van der Waals surface area (Å²) in [4.78, 5) is 2.37. The van der Waals surface area contributed by atoms with Gasteiger partial charge in [0.2, 0.25) is 0 Å². The zero-order valence-electron chi connectivity index (χ0n) is 38.5. The number of thiophene rings is 1.